The quantitative estimate of drug-likeness (QED) is 0.748. The number of anilines is 1. The van der Waals surface area contributed by atoms with Crippen LogP contribution in [0.2, 0.25) is 0 Å². The van der Waals surface area contributed by atoms with Gasteiger partial charge in [-0.1, -0.05) is 6.07 Å². The maximum absolute atomic E-state index is 11.4. The first-order valence-electron chi connectivity index (χ1n) is 6.08. The minimum Gasteiger partial charge on any atom is -0.476 e. The Kier molecular flexibility index (Phi) is 2.86. The predicted molar refractivity (Wildman–Crippen MR) is 72.7 cm³/mol. The van der Waals surface area contributed by atoms with Crippen molar-refractivity contribution >= 4 is 17.4 Å². The standard InChI is InChI=1S/C13H13N5O2/c1-17-9(5-6-15-17)8-14-12-11(13(19)20)18-7-3-2-4-10(18)16-12/h2-7,14H,8H2,1H3,(H,19,20). The first-order chi connectivity index (χ1) is 9.66. The van der Waals surface area contributed by atoms with Gasteiger partial charge < -0.3 is 10.4 Å². The van der Waals surface area contributed by atoms with Gasteiger partial charge in [0, 0.05) is 19.4 Å². The number of aromatic carboxylic acids is 1. The summed E-state index contributed by atoms with van der Waals surface area (Å²) in [6.07, 6.45) is 3.37. The van der Waals surface area contributed by atoms with Crippen molar-refractivity contribution in [3.63, 3.8) is 0 Å². The van der Waals surface area contributed by atoms with Crippen molar-refractivity contribution < 1.29 is 9.90 Å². The lowest BCUT2D eigenvalue weighted by molar-refractivity contribution is 0.0690. The molecule has 2 N–H and O–H groups in total. The normalized spacial score (nSPS) is 10.8. The van der Waals surface area contributed by atoms with Crippen molar-refractivity contribution in [2.75, 3.05) is 5.32 Å². The lowest BCUT2D eigenvalue weighted by atomic mass is 10.4. The molecular formula is C13H13N5O2. The number of hydrogen-bond acceptors (Lipinski definition) is 4. The highest BCUT2D eigenvalue weighted by atomic mass is 16.4. The van der Waals surface area contributed by atoms with Gasteiger partial charge in [-0.2, -0.15) is 5.10 Å². The molecule has 0 amide bonds. The highest BCUT2D eigenvalue weighted by Crippen LogP contribution is 2.18. The van der Waals surface area contributed by atoms with Gasteiger partial charge in [-0.15, -0.1) is 0 Å². The zero-order chi connectivity index (χ0) is 14.1. The number of nitrogens with one attached hydrogen (secondary N) is 1. The molecule has 7 heteroatoms. The lowest BCUT2D eigenvalue weighted by Gasteiger charge is -2.05. The maximum Gasteiger partial charge on any atom is 0.356 e. The first-order valence-corrected chi connectivity index (χ1v) is 6.08. The van der Waals surface area contributed by atoms with Gasteiger partial charge in [-0.05, 0) is 18.2 Å². The van der Waals surface area contributed by atoms with E-state index in [0.29, 0.717) is 18.0 Å². The Morgan fingerprint density at radius 2 is 2.25 bits per heavy atom. The van der Waals surface area contributed by atoms with Gasteiger partial charge >= 0.3 is 5.97 Å². The Bertz CT molecular complexity index is 774. The third-order valence-electron chi connectivity index (χ3n) is 3.09. The van der Waals surface area contributed by atoms with Crippen molar-refractivity contribution in [1.29, 1.82) is 0 Å². The molecule has 0 spiro atoms. The van der Waals surface area contributed by atoms with Gasteiger partial charge in [-0.25, -0.2) is 9.78 Å². The van der Waals surface area contributed by atoms with Crippen molar-refractivity contribution in [3.05, 3.63) is 48.0 Å². The molecule has 0 atom stereocenters. The molecule has 20 heavy (non-hydrogen) atoms. The number of rotatable bonds is 4. The van der Waals surface area contributed by atoms with Gasteiger partial charge in [-0.3, -0.25) is 9.08 Å². The Hall–Kier alpha value is -2.83. The minimum absolute atomic E-state index is 0.128. The van der Waals surface area contributed by atoms with Crippen LogP contribution in [-0.2, 0) is 13.6 Å². The summed E-state index contributed by atoms with van der Waals surface area (Å²) in [5.74, 6) is -0.666. The summed E-state index contributed by atoms with van der Waals surface area (Å²) >= 11 is 0. The molecule has 0 saturated carbocycles. The fourth-order valence-corrected chi connectivity index (χ4v) is 2.07. The van der Waals surface area contributed by atoms with E-state index in [1.807, 2.05) is 19.2 Å². The molecule has 0 radical (unpaired) electrons. The second-order valence-electron chi connectivity index (χ2n) is 4.34. The number of imidazole rings is 1. The molecule has 3 aromatic heterocycles. The molecule has 0 aliphatic carbocycles. The van der Waals surface area contributed by atoms with Crippen LogP contribution in [0.3, 0.4) is 0 Å². The number of nitrogens with zero attached hydrogens (tertiary/aromatic N) is 4. The summed E-state index contributed by atoms with van der Waals surface area (Å²) in [6.45, 7) is 0.459. The fourth-order valence-electron chi connectivity index (χ4n) is 2.07. The van der Waals surface area contributed by atoms with Crippen molar-refractivity contribution in [1.82, 2.24) is 19.2 Å². The van der Waals surface area contributed by atoms with Crippen LogP contribution in [0.25, 0.3) is 5.65 Å². The van der Waals surface area contributed by atoms with Crippen LogP contribution in [0.15, 0.2) is 36.7 Å². The summed E-state index contributed by atoms with van der Waals surface area (Å²) < 4.78 is 3.27. The molecule has 102 valence electrons. The highest BCUT2D eigenvalue weighted by Gasteiger charge is 2.18. The van der Waals surface area contributed by atoms with Crippen molar-refractivity contribution in [3.8, 4) is 0 Å². The van der Waals surface area contributed by atoms with E-state index in [9.17, 15) is 9.90 Å². The zero-order valence-electron chi connectivity index (χ0n) is 10.8. The van der Waals surface area contributed by atoms with E-state index in [1.165, 1.54) is 0 Å². The van der Waals surface area contributed by atoms with Crippen LogP contribution >= 0.6 is 0 Å². The summed E-state index contributed by atoms with van der Waals surface area (Å²) in [5.41, 5.74) is 1.67. The molecule has 0 bridgehead atoms. The van der Waals surface area contributed by atoms with Gasteiger partial charge in [0.05, 0.1) is 12.2 Å². The average Bonchev–Trinajstić information content (AvgIpc) is 2.99. The SMILES string of the molecule is Cn1nccc1CNc1nc2ccccn2c1C(=O)O. The molecule has 3 rings (SSSR count). The van der Waals surface area contributed by atoms with Gasteiger partial charge in [0.15, 0.2) is 11.5 Å². The number of fused-ring (bicyclic) bond motifs is 1. The molecule has 7 nitrogen and oxygen atoms in total. The topological polar surface area (TPSA) is 84.5 Å². The number of aromatic nitrogens is 4. The number of aryl methyl sites for hydroxylation is 1. The average molecular weight is 271 g/mol. The van der Waals surface area contributed by atoms with Crippen LogP contribution < -0.4 is 5.32 Å². The van der Waals surface area contributed by atoms with Crippen LogP contribution in [0.4, 0.5) is 5.82 Å². The van der Waals surface area contributed by atoms with Gasteiger partial charge in [0.1, 0.15) is 5.65 Å². The Labute approximate surface area is 114 Å². The van der Waals surface area contributed by atoms with E-state index < -0.39 is 5.97 Å². The van der Waals surface area contributed by atoms with E-state index in [1.54, 1.807) is 33.6 Å². The second-order valence-corrected chi connectivity index (χ2v) is 4.34. The third-order valence-corrected chi connectivity index (χ3v) is 3.09. The summed E-state index contributed by atoms with van der Waals surface area (Å²) in [5, 5.41) is 16.5. The molecule has 3 aromatic rings. The zero-order valence-corrected chi connectivity index (χ0v) is 10.8. The summed E-state index contributed by atoms with van der Waals surface area (Å²) in [4.78, 5) is 15.7. The third kappa shape index (κ3) is 1.99. The number of carbonyl (C=O) groups is 1. The molecule has 3 heterocycles. The number of hydrogen-bond donors (Lipinski definition) is 2. The van der Waals surface area contributed by atoms with Crippen LogP contribution in [-0.4, -0.2) is 30.2 Å². The summed E-state index contributed by atoms with van der Waals surface area (Å²) in [7, 11) is 1.83. The molecule has 0 aliphatic heterocycles. The van der Waals surface area contributed by atoms with E-state index in [4.69, 9.17) is 0 Å². The Morgan fingerprint density at radius 1 is 1.40 bits per heavy atom. The van der Waals surface area contributed by atoms with E-state index >= 15 is 0 Å². The molecule has 0 unspecified atom stereocenters. The molecule has 0 fully saturated rings. The van der Waals surface area contributed by atoms with Crippen LogP contribution in [0, 0.1) is 0 Å². The smallest absolute Gasteiger partial charge is 0.356 e. The summed E-state index contributed by atoms with van der Waals surface area (Å²) in [6, 6.07) is 7.22. The highest BCUT2D eigenvalue weighted by molar-refractivity contribution is 5.92. The van der Waals surface area contributed by atoms with Crippen LogP contribution in [0.5, 0.6) is 0 Å². The number of carboxylic acids is 1. The first kappa shape index (κ1) is 12.2. The molecule has 0 saturated heterocycles. The molecular weight excluding hydrogens is 258 g/mol. The Morgan fingerprint density at radius 3 is 2.95 bits per heavy atom. The Balaban J connectivity index is 1.96. The van der Waals surface area contributed by atoms with Gasteiger partial charge in [0.2, 0.25) is 0 Å². The van der Waals surface area contributed by atoms with Crippen molar-refractivity contribution in [2.24, 2.45) is 7.05 Å². The minimum atomic E-state index is -1.02. The van der Waals surface area contributed by atoms with Crippen LogP contribution in [0.1, 0.15) is 16.2 Å². The van der Waals surface area contributed by atoms with Gasteiger partial charge in [0.25, 0.3) is 0 Å². The maximum atomic E-state index is 11.4. The van der Waals surface area contributed by atoms with E-state index in [2.05, 4.69) is 15.4 Å². The largest absolute Gasteiger partial charge is 0.476 e. The van der Waals surface area contributed by atoms with E-state index in [-0.39, 0.29) is 5.69 Å². The van der Waals surface area contributed by atoms with Crippen molar-refractivity contribution in [2.45, 2.75) is 6.54 Å². The van der Waals surface area contributed by atoms with E-state index in [0.717, 1.165) is 5.69 Å². The number of pyridine rings is 1. The number of carboxylic acid groups (broad SMARTS) is 1. The predicted octanol–water partition coefficient (Wildman–Crippen LogP) is 1.38. The molecule has 0 aliphatic rings. The monoisotopic (exact) mass is 271 g/mol. The fraction of sp³-hybridized carbons (Fsp3) is 0.154. The molecule has 0 aromatic carbocycles. The lowest BCUT2D eigenvalue weighted by Crippen LogP contribution is -2.10. The second kappa shape index (κ2) is 4.69.